The number of hydrogen-bond donors (Lipinski definition) is 2. The molecule has 0 aliphatic heterocycles. The molecular weight excluding hydrogens is 174 g/mol. The maximum Gasteiger partial charge on any atom is 0.219 e. The van der Waals surface area contributed by atoms with Crippen LogP contribution in [0, 0.1) is 0 Å². The highest BCUT2D eigenvalue weighted by Crippen LogP contribution is 1.87. The van der Waals surface area contributed by atoms with Crippen molar-refractivity contribution in [2.75, 3.05) is 0 Å². The van der Waals surface area contributed by atoms with Crippen LogP contribution in [0.5, 0.6) is 0 Å². The molecular formula is C7H17NO3Si. The summed E-state index contributed by atoms with van der Waals surface area (Å²) in [5, 5.41) is 11.6. The van der Waals surface area contributed by atoms with Crippen molar-refractivity contribution in [3.8, 4) is 0 Å². The van der Waals surface area contributed by atoms with Crippen LogP contribution < -0.4 is 5.32 Å². The molecule has 0 rings (SSSR count). The molecule has 0 heterocycles. The van der Waals surface area contributed by atoms with Gasteiger partial charge in [0.1, 0.15) is 6.29 Å². The van der Waals surface area contributed by atoms with E-state index < -0.39 is 16.1 Å². The predicted octanol–water partition coefficient (Wildman–Crippen LogP) is -0.703. The lowest BCUT2D eigenvalue weighted by Gasteiger charge is -2.14. The molecule has 0 aliphatic carbocycles. The van der Waals surface area contributed by atoms with Crippen molar-refractivity contribution in [1.29, 1.82) is 0 Å². The lowest BCUT2D eigenvalue weighted by Crippen LogP contribution is -2.38. The first-order chi connectivity index (χ1) is 5.56. The quantitative estimate of drug-likeness (QED) is 0.446. The van der Waals surface area contributed by atoms with Gasteiger partial charge in [-0.1, -0.05) is 6.92 Å². The molecule has 4 nitrogen and oxygen atoms in total. The summed E-state index contributed by atoms with van der Waals surface area (Å²) in [6, 6.07) is 0. The Labute approximate surface area is 75.2 Å². The van der Waals surface area contributed by atoms with E-state index in [9.17, 15) is 4.79 Å². The third-order valence-electron chi connectivity index (χ3n) is 1.32. The van der Waals surface area contributed by atoms with Gasteiger partial charge in [-0.25, -0.2) is 0 Å². The number of aliphatic hydroxyl groups excluding tert-OH is 1. The number of hydrogen-bond acceptors (Lipinski definition) is 3. The van der Waals surface area contributed by atoms with E-state index in [1.807, 2.05) is 6.92 Å². The van der Waals surface area contributed by atoms with Crippen LogP contribution in [-0.2, 0) is 9.22 Å². The maximum atomic E-state index is 10.9. The van der Waals surface area contributed by atoms with Gasteiger partial charge in [0.15, 0.2) is 9.76 Å². The van der Waals surface area contributed by atoms with Gasteiger partial charge in [0.2, 0.25) is 5.91 Å². The molecule has 2 unspecified atom stereocenters. The van der Waals surface area contributed by atoms with Gasteiger partial charge in [0.05, 0.1) is 0 Å². The summed E-state index contributed by atoms with van der Waals surface area (Å²) in [7, 11) is -0.846. The Kier molecular flexibility index (Phi) is 5.96. The zero-order valence-corrected chi connectivity index (χ0v) is 9.25. The summed E-state index contributed by atoms with van der Waals surface area (Å²) in [4.78, 5) is 10.9. The van der Waals surface area contributed by atoms with Crippen LogP contribution in [-0.4, -0.2) is 32.7 Å². The molecule has 2 atom stereocenters. The minimum Gasteiger partial charge on any atom is -0.398 e. The van der Waals surface area contributed by atoms with Crippen molar-refractivity contribution in [2.24, 2.45) is 0 Å². The molecule has 5 heteroatoms. The molecule has 0 radical (unpaired) electrons. The van der Waals surface area contributed by atoms with Crippen LogP contribution in [0.2, 0.25) is 0 Å². The third kappa shape index (κ3) is 6.33. The topological polar surface area (TPSA) is 58.6 Å². The van der Waals surface area contributed by atoms with E-state index in [0.717, 1.165) is 0 Å². The average molecular weight is 191 g/mol. The van der Waals surface area contributed by atoms with E-state index in [-0.39, 0.29) is 11.6 Å². The predicted molar refractivity (Wildman–Crippen MR) is 49.2 cm³/mol. The SMILES string of the molecule is CCC(=O)NC(C)[SiH2]OC(C)O. The number of amides is 1. The molecule has 0 bridgehead atoms. The minimum atomic E-state index is -0.846. The van der Waals surface area contributed by atoms with E-state index in [1.165, 1.54) is 0 Å². The second kappa shape index (κ2) is 6.16. The van der Waals surface area contributed by atoms with Crippen LogP contribution in [0.1, 0.15) is 27.2 Å². The van der Waals surface area contributed by atoms with Crippen LogP contribution >= 0.6 is 0 Å². The molecule has 0 aromatic heterocycles. The van der Waals surface area contributed by atoms with Gasteiger partial charge in [-0.15, -0.1) is 0 Å². The van der Waals surface area contributed by atoms with Crippen LogP contribution in [0.4, 0.5) is 0 Å². The second-order valence-electron chi connectivity index (χ2n) is 2.75. The van der Waals surface area contributed by atoms with E-state index in [0.29, 0.717) is 6.42 Å². The number of rotatable bonds is 5. The summed E-state index contributed by atoms with van der Waals surface area (Å²) in [5.74, 6) is 0.0317. The van der Waals surface area contributed by atoms with Crippen LogP contribution in [0.3, 0.4) is 0 Å². The molecule has 0 aliphatic rings. The average Bonchev–Trinajstić information content (AvgIpc) is 2.00. The van der Waals surface area contributed by atoms with Gasteiger partial charge in [-0.3, -0.25) is 4.79 Å². The zero-order valence-electron chi connectivity index (χ0n) is 7.83. The summed E-state index contributed by atoms with van der Waals surface area (Å²) in [6.45, 7) is 5.27. The van der Waals surface area contributed by atoms with Gasteiger partial charge >= 0.3 is 0 Å². The fourth-order valence-corrected chi connectivity index (χ4v) is 1.58. The maximum absolute atomic E-state index is 10.9. The first-order valence-electron chi connectivity index (χ1n) is 4.15. The number of nitrogens with one attached hydrogen (secondary N) is 1. The van der Waals surface area contributed by atoms with Gasteiger partial charge < -0.3 is 14.8 Å². The molecule has 72 valence electrons. The highest BCUT2D eigenvalue weighted by atomic mass is 28.2. The lowest BCUT2D eigenvalue weighted by atomic mass is 10.4. The van der Waals surface area contributed by atoms with Crippen molar-refractivity contribution < 1.29 is 14.3 Å². The zero-order chi connectivity index (χ0) is 9.56. The first-order valence-corrected chi connectivity index (χ1v) is 5.54. The monoisotopic (exact) mass is 191 g/mol. The van der Waals surface area contributed by atoms with Gasteiger partial charge in [-0.05, 0) is 13.8 Å². The number of carbonyl (C=O) groups is 1. The Morgan fingerprint density at radius 3 is 2.67 bits per heavy atom. The Balaban J connectivity index is 3.45. The van der Waals surface area contributed by atoms with E-state index in [1.54, 1.807) is 13.8 Å². The van der Waals surface area contributed by atoms with Crippen molar-refractivity contribution in [3.63, 3.8) is 0 Å². The normalized spacial score (nSPS) is 16.3. The molecule has 2 N–H and O–H groups in total. The molecule has 0 aromatic carbocycles. The molecule has 0 fully saturated rings. The molecule has 0 spiro atoms. The van der Waals surface area contributed by atoms with Crippen molar-refractivity contribution in [1.82, 2.24) is 5.32 Å². The second-order valence-corrected chi connectivity index (χ2v) is 4.65. The van der Waals surface area contributed by atoms with E-state index in [2.05, 4.69) is 5.32 Å². The standard InChI is InChI=1S/C7H17NO3Si/c1-4-7(10)8-5(2)12-11-6(3)9/h5-6,9H,4,12H2,1-3H3,(H,8,10). The molecule has 12 heavy (non-hydrogen) atoms. The third-order valence-corrected chi connectivity index (χ3v) is 2.69. The Hall–Kier alpha value is -0.393. The summed E-state index contributed by atoms with van der Waals surface area (Å²) in [6.07, 6.45) is -0.217. The van der Waals surface area contributed by atoms with Crippen LogP contribution in [0.25, 0.3) is 0 Å². The van der Waals surface area contributed by atoms with Crippen molar-refractivity contribution >= 4 is 15.7 Å². The fraction of sp³-hybridized carbons (Fsp3) is 0.857. The molecule has 0 saturated carbocycles. The minimum absolute atomic E-state index is 0.0317. The number of carbonyl (C=O) groups excluding carboxylic acids is 1. The highest BCUT2D eigenvalue weighted by Gasteiger charge is 2.07. The van der Waals surface area contributed by atoms with E-state index >= 15 is 0 Å². The summed E-state index contributed by atoms with van der Waals surface area (Å²) >= 11 is 0. The van der Waals surface area contributed by atoms with Crippen LogP contribution in [0.15, 0.2) is 0 Å². The van der Waals surface area contributed by atoms with Gasteiger partial charge in [0.25, 0.3) is 0 Å². The molecule has 1 amide bonds. The van der Waals surface area contributed by atoms with Gasteiger partial charge in [-0.2, -0.15) is 0 Å². The Morgan fingerprint density at radius 1 is 1.67 bits per heavy atom. The first kappa shape index (κ1) is 11.6. The van der Waals surface area contributed by atoms with Crippen molar-refractivity contribution in [2.45, 2.75) is 39.1 Å². The summed E-state index contributed by atoms with van der Waals surface area (Å²) < 4.78 is 5.03. The molecule has 0 saturated heterocycles. The smallest absolute Gasteiger partial charge is 0.219 e. The largest absolute Gasteiger partial charge is 0.398 e. The lowest BCUT2D eigenvalue weighted by molar-refractivity contribution is -0.121. The van der Waals surface area contributed by atoms with Gasteiger partial charge in [0, 0.05) is 12.1 Å². The summed E-state index contributed by atoms with van der Waals surface area (Å²) in [5.41, 5.74) is 0.0899. The molecule has 0 aromatic rings. The Morgan fingerprint density at radius 2 is 2.25 bits per heavy atom. The Bertz CT molecular complexity index is 141. The number of aliphatic hydroxyl groups is 1. The fourth-order valence-electron chi connectivity index (χ4n) is 0.702. The van der Waals surface area contributed by atoms with E-state index in [4.69, 9.17) is 9.53 Å². The van der Waals surface area contributed by atoms with Crippen molar-refractivity contribution in [3.05, 3.63) is 0 Å². The highest BCUT2D eigenvalue weighted by molar-refractivity contribution is 6.30.